The number of nitrogens with one attached hydrogen (secondary N) is 2. The molecule has 3 rings (SSSR count). The highest BCUT2D eigenvalue weighted by Crippen LogP contribution is 2.17. The molecular weight excluding hydrogens is 399 g/mol. The first-order valence-corrected chi connectivity index (χ1v) is 10.1. The van der Waals surface area contributed by atoms with Gasteiger partial charge in [-0.2, -0.15) is 0 Å². The number of hydrogen-bond donors (Lipinski definition) is 2. The number of carbonyl (C=O) groups is 2. The fourth-order valence-electron chi connectivity index (χ4n) is 3.07. The Morgan fingerprint density at radius 3 is 2.74 bits per heavy atom. The van der Waals surface area contributed by atoms with E-state index in [1.165, 1.54) is 12.1 Å². The Morgan fingerprint density at radius 1 is 1.23 bits per heavy atom. The second-order valence-corrected chi connectivity index (χ2v) is 8.29. The minimum atomic E-state index is -0.604. The number of aromatic nitrogens is 2. The van der Waals surface area contributed by atoms with Crippen LogP contribution >= 0.6 is 0 Å². The fraction of sp³-hybridized carbons (Fsp3) is 0.348. The zero-order valence-electron chi connectivity index (χ0n) is 17.9. The fourth-order valence-corrected chi connectivity index (χ4v) is 3.07. The zero-order chi connectivity index (χ0) is 22.4. The molecule has 164 valence electrons. The molecule has 31 heavy (non-hydrogen) atoms. The Bertz CT molecular complexity index is 1040. The van der Waals surface area contributed by atoms with Gasteiger partial charge in [0.25, 0.3) is 5.91 Å². The average Bonchev–Trinajstić information content (AvgIpc) is 3.13. The monoisotopic (exact) mass is 426 g/mol. The molecular formula is C23H27FN4O3. The maximum absolute atomic E-state index is 13.3. The van der Waals surface area contributed by atoms with Crippen LogP contribution in [0.1, 0.15) is 43.2 Å². The van der Waals surface area contributed by atoms with Crippen LogP contribution in [0, 0.1) is 5.82 Å². The van der Waals surface area contributed by atoms with E-state index in [4.69, 9.17) is 4.74 Å². The maximum atomic E-state index is 13.3. The molecule has 2 amide bonds. The summed E-state index contributed by atoms with van der Waals surface area (Å²) in [5.41, 5.74) is 1.34. The summed E-state index contributed by atoms with van der Waals surface area (Å²) >= 11 is 0. The third-order valence-electron chi connectivity index (χ3n) is 4.47. The molecule has 0 saturated carbocycles. The molecule has 7 nitrogen and oxygen atoms in total. The molecule has 0 radical (unpaired) electrons. The van der Waals surface area contributed by atoms with Crippen molar-refractivity contribution in [3.8, 4) is 0 Å². The normalized spacial score (nSPS) is 11.4. The quantitative estimate of drug-likeness (QED) is 0.553. The van der Waals surface area contributed by atoms with Gasteiger partial charge in [0.15, 0.2) is 0 Å². The summed E-state index contributed by atoms with van der Waals surface area (Å²) in [6, 6.07) is 9.63. The molecule has 0 aliphatic rings. The summed E-state index contributed by atoms with van der Waals surface area (Å²) in [6.07, 6.45) is 3.51. The summed E-state index contributed by atoms with van der Waals surface area (Å²) < 4.78 is 18.8. The van der Waals surface area contributed by atoms with Crippen molar-refractivity contribution in [1.29, 1.82) is 0 Å². The number of pyridine rings is 1. The first-order valence-electron chi connectivity index (χ1n) is 10.1. The Morgan fingerprint density at radius 2 is 2.03 bits per heavy atom. The van der Waals surface area contributed by atoms with Gasteiger partial charge >= 0.3 is 6.09 Å². The van der Waals surface area contributed by atoms with E-state index in [9.17, 15) is 14.0 Å². The molecule has 0 saturated heterocycles. The third kappa shape index (κ3) is 6.53. The lowest BCUT2D eigenvalue weighted by Gasteiger charge is -2.27. The number of fused-ring (bicyclic) bond motifs is 1. The van der Waals surface area contributed by atoms with Crippen molar-refractivity contribution in [2.45, 2.75) is 39.3 Å². The van der Waals surface area contributed by atoms with Crippen LogP contribution in [0.4, 0.5) is 9.18 Å². The zero-order valence-corrected chi connectivity index (χ0v) is 17.9. The molecule has 2 aromatic heterocycles. The Kier molecular flexibility index (Phi) is 6.89. The lowest BCUT2D eigenvalue weighted by molar-refractivity contribution is 0.0232. The maximum Gasteiger partial charge on any atom is 0.410 e. The molecule has 2 heterocycles. The second-order valence-electron chi connectivity index (χ2n) is 8.29. The number of amides is 2. The van der Waals surface area contributed by atoms with Crippen LogP contribution in [0.5, 0.6) is 0 Å². The van der Waals surface area contributed by atoms with Gasteiger partial charge in [0.2, 0.25) is 0 Å². The van der Waals surface area contributed by atoms with E-state index in [0.717, 1.165) is 5.56 Å². The number of benzene rings is 1. The smallest absolute Gasteiger partial charge is 0.410 e. The lowest BCUT2D eigenvalue weighted by Crippen LogP contribution is -2.38. The van der Waals surface area contributed by atoms with E-state index in [0.29, 0.717) is 42.7 Å². The molecule has 0 spiro atoms. The van der Waals surface area contributed by atoms with Crippen molar-refractivity contribution >= 4 is 22.9 Å². The van der Waals surface area contributed by atoms with E-state index in [-0.39, 0.29) is 11.7 Å². The van der Waals surface area contributed by atoms with Crippen molar-refractivity contribution in [1.82, 2.24) is 20.2 Å². The largest absolute Gasteiger partial charge is 0.444 e. The predicted molar refractivity (Wildman–Crippen MR) is 116 cm³/mol. The standard InChI is InChI=1S/C23H27FN4O3/c1-23(2,3)31-22(30)28(15-16-6-4-9-25-14-16)11-5-10-26-21(29)20-13-17-12-18(24)7-8-19(17)27-20/h4,6-9,12-14,27H,5,10-11,15H2,1-3H3,(H,26,29). The highest BCUT2D eigenvalue weighted by atomic mass is 19.1. The number of carbonyl (C=O) groups excluding carboxylic acids is 2. The molecule has 0 fully saturated rings. The van der Waals surface area contributed by atoms with Gasteiger partial charge < -0.3 is 19.9 Å². The molecule has 8 heteroatoms. The summed E-state index contributed by atoms with van der Waals surface area (Å²) in [5.74, 6) is -0.637. The summed E-state index contributed by atoms with van der Waals surface area (Å²) in [4.78, 5) is 33.7. The Hall–Kier alpha value is -3.42. The minimum Gasteiger partial charge on any atom is -0.444 e. The average molecular weight is 426 g/mol. The highest BCUT2D eigenvalue weighted by molar-refractivity contribution is 5.97. The van der Waals surface area contributed by atoms with Crippen LogP contribution in [-0.4, -0.2) is 45.6 Å². The summed E-state index contributed by atoms with van der Waals surface area (Å²) in [5, 5.41) is 3.46. The number of nitrogens with zero attached hydrogens (tertiary/aromatic N) is 2. The third-order valence-corrected chi connectivity index (χ3v) is 4.47. The first-order chi connectivity index (χ1) is 14.7. The SMILES string of the molecule is CC(C)(C)OC(=O)N(CCCNC(=O)c1cc2cc(F)ccc2[nH]1)Cc1cccnc1. The molecule has 0 aliphatic carbocycles. The Labute approximate surface area is 180 Å². The van der Waals surface area contributed by atoms with Crippen LogP contribution in [0.25, 0.3) is 10.9 Å². The van der Waals surface area contributed by atoms with Gasteiger partial charge in [0.05, 0.1) is 6.54 Å². The molecule has 0 bridgehead atoms. The topological polar surface area (TPSA) is 87.3 Å². The van der Waals surface area contributed by atoms with Crippen LogP contribution in [-0.2, 0) is 11.3 Å². The van der Waals surface area contributed by atoms with Gasteiger partial charge in [-0.15, -0.1) is 0 Å². The number of halogens is 1. The predicted octanol–water partition coefficient (Wildman–Crippen LogP) is 4.26. The van der Waals surface area contributed by atoms with Gasteiger partial charge in [-0.1, -0.05) is 6.07 Å². The van der Waals surface area contributed by atoms with E-state index in [2.05, 4.69) is 15.3 Å². The van der Waals surface area contributed by atoms with Crippen LogP contribution < -0.4 is 5.32 Å². The van der Waals surface area contributed by atoms with Crippen LogP contribution in [0.15, 0.2) is 48.8 Å². The van der Waals surface area contributed by atoms with Crippen LogP contribution in [0.2, 0.25) is 0 Å². The molecule has 1 aromatic carbocycles. The highest BCUT2D eigenvalue weighted by Gasteiger charge is 2.22. The Balaban J connectivity index is 1.56. The van der Waals surface area contributed by atoms with Crippen molar-refractivity contribution in [3.05, 3.63) is 65.9 Å². The van der Waals surface area contributed by atoms with Crippen LogP contribution in [0.3, 0.4) is 0 Å². The summed E-state index contributed by atoms with van der Waals surface area (Å²) in [6.45, 7) is 6.60. The number of rotatable bonds is 7. The molecule has 3 aromatic rings. The van der Waals surface area contributed by atoms with Crippen molar-refractivity contribution in [3.63, 3.8) is 0 Å². The molecule has 0 unspecified atom stereocenters. The van der Waals surface area contributed by atoms with E-state index in [1.807, 2.05) is 32.9 Å². The number of aromatic amines is 1. The summed E-state index contributed by atoms with van der Waals surface area (Å²) in [7, 11) is 0. The molecule has 0 atom stereocenters. The number of hydrogen-bond acceptors (Lipinski definition) is 4. The van der Waals surface area contributed by atoms with Crippen molar-refractivity contribution in [2.75, 3.05) is 13.1 Å². The lowest BCUT2D eigenvalue weighted by atomic mass is 10.2. The molecule has 0 aliphatic heterocycles. The van der Waals surface area contributed by atoms with Gasteiger partial charge in [-0.05, 0) is 63.1 Å². The van der Waals surface area contributed by atoms with Gasteiger partial charge in [0.1, 0.15) is 17.1 Å². The minimum absolute atomic E-state index is 0.285. The second kappa shape index (κ2) is 9.59. The van der Waals surface area contributed by atoms with Gasteiger partial charge in [0, 0.05) is 36.4 Å². The van der Waals surface area contributed by atoms with Gasteiger partial charge in [-0.25, -0.2) is 9.18 Å². The van der Waals surface area contributed by atoms with Crippen molar-refractivity contribution in [2.24, 2.45) is 0 Å². The van der Waals surface area contributed by atoms with E-state index < -0.39 is 11.7 Å². The van der Waals surface area contributed by atoms with E-state index in [1.54, 1.807) is 29.4 Å². The molecule has 2 N–H and O–H groups in total. The first kappa shape index (κ1) is 22.3. The number of ether oxygens (including phenoxy) is 1. The number of H-pyrrole nitrogens is 1. The van der Waals surface area contributed by atoms with Gasteiger partial charge in [-0.3, -0.25) is 9.78 Å². The van der Waals surface area contributed by atoms with E-state index >= 15 is 0 Å². The van der Waals surface area contributed by atoms with Crippen molar-refractivity contribution < 1.29 is 18.7 Å².